The van der Waals surface area contributed by atoms with Crippen LogP contribution in [0.15, 0.2) is 48.8 Å². The highest BCUT2D eigenvalue weighted by atomic mass is 35.5. The van der Waals surface area contributed by atoms with Gasteiger partial charge in [0.05, 0.1) is 16.4 Å². The van der Waals surface area contributed by atoms with Gasteiger partial charge in [-0.2, -0.15) is 4.98 Å². The summed E-state index contributed by atoms with van der Waals surface area (Å²) in [6.07, 6.45) is 3.46. The number of hydrogen-bond acceptors (Lipinski definition) is 5. The highest BCUT2D eigenvalue weighted by Gasteiger charge is 2.10. The molecule has 0 aliphatic carbocycles. The normalized spacial score (nSPS) is 10.8. The quantitative estimate of drug-likeness (QED) is 0.625. The zero-order valence-electron chi connectivity index (χ0n) is 13.8. The van der Waals surface area contributed by atoms with E-state index in [2.05, 4.69) is 25.6 Å². The number of nitrogens with zero attached hydrogens (tertiary/aromatic N) is 3. The average molecular weight is 374 g/mol. The van der Waals surface area contributed by atoms with E-state index in [-0.39, 0.29) is 6.04 Å². The molecule has 0 saturated heterocycles. The van der Waals surface area contributed by atoms with Crippen LogP contribution in [0.25, 0.3) is 11.3 Å². The van der Waals surface area contributed by atoms with E-state index in [0.717, 1.165) is 11.3 Å². The van der Waals surface area contributed by atoms with E-state index in [1.54, 1.807) is 30.6 Å². The van der Waals surface area contributed by atoms with Gasteiger partial charge in [0, 0.05) is 35.1 Å². The van der Waals surface area contributed by atoms with E-state index in [9.17, 15) is 0 Å². The largest absolute Gasteiger partial charge is 0.352 e. The molecule has 0 radical (unpaired) electrons. The molecule has 0 aliphatic heterocycles. The SMILES string of the molecule is CC(C)Nc1nc(Nc2cc(Cl)ccc2Cl)cc(-c2ccncc2)n1. The third kappa shape index (κ3) is 4.59. The number of pyridine rings is 1. The van der Waals surface area contributed by atoms with Gasteiger partial charge >= 0.3 is 0 Å². The van der Waals surface area contributed by atoms with Crippen LogP contribution in [-0.2, 0) is 0 Å². The molecule has 3 rings (SSSR count). The fraction of sp³-hybridized carbons (Fsp3) is 0.167. The molecule has 0 atom stereocenters. The minimum absolute atomic E-state index is 0.204. The van der Waals surface area contributed by atoms with Crippen LogP contribution >= 0.6 is 23.2 Å². The van der Waals surface area contributed by atoms with Crippen molar-refractivity contribution in [2.45, 2.75) is 19.9 Å². The van der Waals surface area contributed by atoms with Gasteiger partial charge in [-0.3, -0.25) is 4.98 Å². The number of nitrogens with one attached hydrogen (secondary N) is 2. The molecule has 0 fully saturated rings. The number of benzene rings is 1. The van der Waals surface area contributed by atoms with Gasteiger partial charge in [-0.15, -0.1) is 0 Å². The zero-order valence-corrected chi connectivity index (χ0v) is 15.3. The smallest absolute Gasteiger partial charge is 0.225 e. The monoisotopic (exact) mass is 373 g/mol. The van der Waals surface area contributed by atoms with Gasteiger partial charge in [0.25, 0.3) is 0 Å². The third-order valence-electron chi connectivity index (χ3n) is 3.31. The summed E-state index contributed by atoms with van der Waals surface area (Å²) in [6, 6.07) is 11.1. The first-order valence-electron chi connectivity index (χ1n) is 7.79. The Balaban J connectivity index is 2.01. The first-order chi connectivity index (χ1) is 12.0. The molecule has 2 heterocycles. The molecule has 0 aliphatic rings. The predicted octanol–water partition coefficient (Wildman–Crippen LogP) is 5.41. The van der Waals surface area contributed by atoms with Crippen LogP contribution in [0.2, 0.25) is 10.0 Å². The number of anilines is 3. The second kappa shape index (κ2) is 7.68. The molecule has 0 unspecified atom stereocenters. The number of hydrogen-bond donors (Lipinski definition) is 2. The predicted molar refractivity (Wildman–Crippen MR) is 104 cm³/mol. The summed E-state index contributed by atoms with van der Waals surface area (Å²) < 4.78 is 0. The van der Waals surface area contributed by atoms with Crippen molar-refractivity contribution in [1.82, 2.24) is 15.0 Å². The summed E-state index contributed by atoms with van der Waals surface area (Å²) >= 11 is 12.3. The summed E-state index contributed by atoms with van der Waals surface area (Å²) in [5.41, 5.74) is 2.41. The fourth-order valence-electron chi connectivity index (χ4n) is 2.24. The Morgan fingerprint density at radius 3 is 2.44 bits per heavy atom. The maximum atomic E-state index is 6.24. The van der Waals surface area contributed by atoms with E-state index in [1.165, 1.54) is 0 Å². The van der Waals surface area contributed by atoms with Gasteiger partial charge in [-0.05, 0) is 44.2 Å². The molecule has 0 amide bonds. The summed E-state index contributed by atoms with van der Waals surface area (Å²) in [5.74, 6) is 1.15. The van der Waals surface area contributed by atoms with Crippen molar-refractivity contribution in [1.29, 1.82) is 0 Å². The maximum Gasteiger partial charge on any atom is 0.225 e. The summed E-state index contributed by atoms with van der Waals surface area (Å²) in [6.45, 7) is 4.06. The van der Waals surface area contributed by atoms with Crippen molar-refractivity contribution in [3.8, 4) is 11.3 Å². The van der Waals surface area contributed by atoms with Crippen molar-refractivity contribution in [2.24, 2.45) is 0 Å². The molecule has 2 aromatic heterocycles. The van der Waals surface area contributed by atoms with E-state index in [4.69, 9.17) is 23.2 Å². The number of halogens is 2. The zero-order chi connectivity index (χ0) is 17.8. The lowest BCUT2D eigenvalue weighted by atomic mass is 10.2. The molecule has 128 valence electrons. The number of aromatic nitrogens is 3. The van der Waals surface area contributed by atoms with Gasteiger partial charge in [0.15, 0.2) is 0 Å². The first-order valence-corrected chi connectivity index (χ1v) is 8.55. The average Bonchev–Trinajstić information content (AvgIpc) is 2.58. The summed E-state index contributed by atoms with van der Waals surface area (Å²) in [5, 5.41) is 7.60. The van der Waals surface area contributed by atoms with Crippen LogP contribution in [-0.4, -0.2) is 21.0 Å². The lowest BCUT2D eigenvalue weighted by molar-refractivity contribution is 0.876. The van der Waals surface area contributed by atoms with E-state index in [0.29, 0.717) is 27.5 Å². The van der Waals surface area contributed by atoms with E-state index in [1.807, 2.05) is 32.0 Å². The van der Waals surface area contributed by atoms with Gasteiger partial charge in [-0.1, -0.05) is 23.2 Å². The fourth-order valence-corrected chi connectivity index (χ4v) is 2.57. The van der Waals surface area contributed by atoms with Crippen molar-refractivity contribution < 1.29 is 0 Å². The van der Waals surface area contributed by atoms with Crippen molar-refractivity contribution in [3.63, 3.8) is 0 Å². The molecule has 3 aromatic rings. The highest BCUT2D eigenvalue weighted by Crippen LogP contribution is 2.29. The van der Waals surface area contributed by atoms with E-state index < -0.39 is 0 Å². The molecule has 25 heavy (non-hydrogen) atoms. The lowest BCUT2D eigenvalue weighted by Gasteiger charge is -2.14. The molecule has 7 heteroatoms. The second-order valence-electron chi connectivity index (χ2n) is 5.75. The minimum atomic E-state index is 0.204. The topological polar surface area (TPSA) is 62.7 Å². The molecule has 1 aromatic carbocycles. The Bertz CT molecular complexity index is 869. The summed E-state index contributed by atoms with van der Waals surface area (Å²) in [4.78, 5) is 13.1. The molecule has 0 spiro atoms. The van der Waals surface area contributed by atoms with E-state index >= 15 is 0 Å². The standard InChI is InChI=1S/C18H17Cl2N5/c1-11(2)22-18-24-15(12-5-7-21-8-6-12)10-17(25-18)23-16-9-13(19)3-4-14(16)20/h3-11H,1-2H3,(H2,22,23,24,25). The molecule has 2 N–H and O–H groups in total. The van der Waals surface area contributed by atoms with Crippen LogP contribution in [0.1, 0.15) is 13.8 Å². The van der Waals surface area contributed by atoms with Gasteiger partial charge in [0.1, 0.15) is 5.82 Å². The summed E-state index contributed by atoms with van der Waals surface area (Å²) in [7, 11) is 0. The van der Waals surface area contributed by atoms with Crippen molar-refractivity contribution in [3.05, 3.63) is 58.8 Å². The maximum absolute atomic E-state index is 6.24. The lowest BCUT2D eigenvalue weighted by Crippen LogP contribution is -2.13. The Morgan fingerprint density at radius 1 is 0.960 bits per heavy atom. The third-order valence-corrected chi connectivity index (χ3v) is 3.88. The van der Waals surface area contributed by atoms with Gasteiger partial charge < -0.3 is 10.6 Å². The van der Waals surface area contributed by atoms with Crippen LogP contribution in [0.5, 0.6) is 0 Å². The number of rotatable bonds is 5. The highest BCUT2D eigenvalue weighted by molar-refractivity contribution is 6.35. The molecule has 5 nitrogen and oxygen atoms in total. The Kier molecular flexibility index (Phi) is 5.36. The van der Waals surface area contributed by atoms with Crippen molar-refractivity contribution >= 4 is 40.7 Å². The first kappa shape index (κ1) is 17.5. The minimum Gasteiger partial charge on any atom is -0.352 e. The van der Waals surface area contributed by atoms with Crippen molar-refractivity contribution in [2.75, 3.05) is 10.6 Å². The van der Waals surface area contributed by atoms with Gasteiger partial charge in [-0.25, -0.2) is 4.98 Å². The van der Waals surface area contributed by atoms with Crippen LogP contribution in [0.3, 0.4) is 0 Å². The van der Waals surface area contributed by atoms with Gasteiger partial charge in [0.2, 0.25) is 5.95 Å². The Labute approximate surface area is 156 Å². The van der Waals surface area contributed by atoms with Crippen LogP contribution < -0.4 is 10.6 Å². The Hall–Kier alpha value is -2.37. The molecule has 0 bridgehead atoms. The molecule has 0 saturated carbocycles. The second-order valence-corrected chi connectivity index (χ2v) is 6.59. The molecular weight excluding hydrogens is 357 g/mol. The van der Waals surface area contributed by atoms with Crippen LogP contribution in [0, 0.1) is 0 Å². The molecular formula is C18H17Cl2N5. The van der Waals surface area contributed by atoms with Crippen LogP contribution in [0.4, 0.5) is 17.5 Å². The Morgan fingerprint density at radius 2 is 1.72 bits per heavy atom.